The minimum absolute atomic E-state index is 0. The van der Waals surface area contributed by atoms with Crippen molar-refractivity contribution in [2.45, 2.75) is 25.4 Å². The molecule has 2 heterocycles. The minimum Gasteiger partial charge on any atom is -0.327 e. The van der Waals surface area contributed by atoms with Gasteiger partial charge in [0.1, 0.15) is 0 Å². The summed E-state index contributed by atoms with van der Waals surface area (Å²) in [5.41, 5.74) is 8.62. The van der Waals surface area contributed by atoms with E-state index in [0.29, 0.717) is 12.0 Å². The van der Waals surface area contributed by atoms with Gasteiger partial charge in [0.25, 0.3) is 0 Å². The van der Waals surface area contributed by atoms with Gasteiger partial charge >= 0.3 is 0 Å². The van der Waals surface area contributed by atoms with E-state index in [4.69, 9.17) is 5.73 Å². The van der Waals surface area contributed by atoms with Crippen LogP contribution < -0.4 is 5.73 Å². The normalized spacial score (nSPS) is 27.6. The van der Waals surface area contributed by atoms with Crippen molar-refractivity contribution in [3.63, 3.8) is 0 Å². The van der Waals surface area contributed by atoms with Crippen LogP contribution in [0.4, 0.5) is 0 Å². The number of likely N-dealkylation sites (tertiary alicyclic amines) is 1. The van der Waals surface area contributed by atoms with E-state index in [1.165, 1.54) is 25.1 Å². The van der Waals surface area contributed by atoms with Gasteiger partial charge in [-0.15, -0.1) is 12.4 Å². The average molecular weight is 319 g/mol. The second kappa shape index (κ2) is 6.41. The van der Waals surface area contributed by atoms with E-state index >= 15 is 0 Å². The second-order valence-corrected chi connectivity index (χ2v) is 6.43. The molecule has 118 valence electrons. The minimum atomic E-state index is 0. The first kappa shape index (κ1) is 15.5. The van der Waals surface area contributed by atoms with Gasteiger partial charge in [-0.3, -0.25) is 4.90 Å². The fourth-order valence-electron chi connectivity index (χ4n) is 4.01. The van der Waals surface area contributed by atoms with Crippen molar-refractivity contribution >= 4 is 12.4 Å². The number of aromatic nitrogens is 2. The Balaban J connectivity index is 0.00000144. The molecule has 4 rings (SSSR count). The van der Waals surface area contributed by atoms with Gasteiger partial charge in [0.15, 0.2) is 0 Å². The van der Waals surface area contributed by atoms with Gasteiger partial charge in [0.05, 0.1) is 11.4 Å². The predicted molar refractivity (Wildman–Crippen MR) is 90.3 cm³/mol. The number of para-hydroxylation sites is 1. The molecule has 1 aliphatic carbocycles. The number of rotatable bonds is 3. The van der Waals surface area contributed by atoms with Gasteiger partial charge < -0.3 is 5.73 Å². The first-order valence-corrected chi connectivity index (χ1v) is 7.87. The Morgan fingerprint density at radius 1 is 1.09 bits per heavy atom. The van der Waals surface area contributed by atoms with Gasteiger partial charge in [-0.1, -0.05) is 18.2 Å². The zero-order valence-corrected chi connectivity index (χ0v) is 13.5. The lowest BCUT2D eigenvalue weighted by Crippen LogP contribution is -2.30. The molecule has 2 aliphatic rings. The lowest BCUT2D eigenvalue weighted by Gasteiger charge is -2.19. The molecule has 0 spiro atoms. The smallest absolute Gasteiger partial charge is 0.0649 e. The third-order valence-corrected chi connectivity index (χ3v) is 5.10. The molecule has 3 unspecified atom stereocenters. The van der Waals surface area contributed by atoms with Crippen molar-refractivity contribution in [1.29, 1.82) is 0 Å². The molecule has 5 heteroatoms. The predicted octanol–water partition coefficient (Wildman–Crippen LogP) is 2.46. The van der Waals surface area contributed by atoms with E-state index in [-0.39, 0.29) is 12.4 Å². The molecule has 0 amide bonds. The molecular weight excluding hydrogens is 296 g/mol. The molecule has 2 N–H and O–H groups in total. The van der Waals surface area contributed by atoms with Crippen molar-refractivity contribution in [3.05, 3.63) is 48.3 Å². The van der Waals surface area contributed by atoms with Gasteiger partial charge in [0, 0.05) is 31.9 Å². The fraction of sp³-hybridized carbons (Fsp3) is 0.471. The zero-order valence-electron chi connectivity index (χ0n) is 12.6. The summed E-state index contributed by atoms with van der Waals surface area (Å²) in [6, 6.07) is 12.9. The highest BCUT2D eigenvalue weighted by Crippen LogP contribution is 2.37. The van der Waals surface area contributed by atoms with E-state index in [9.17, 15) is 0 Å². The van der Waals surface area contributed by atoms with Gasteiger partial charge in [0.2, 0.25) is 0 Å². The Morgan fingerprint density at radius 3 is 2.68 bits per heavy atom. The highest BCUT2D eigenvalue weighted by atomic mass is 35.5. The summed E-state index contributed by atoms with van der Waals surface area (Å²) >= 11 is 0. The number of nitrogens with zero attached hydrogens (tertiary/aromatic N) is 3. The maximum atomic E-state index is 6.23. The maximum Gasteiger partial charge on any atom is 0.0649 e. The summed E-state index contributed by atoms with van der Waals surface area (Å²) in [6.45, 7) is 3.30. The Bertz CT molecular complexity index is 612. The van der Waals surface area contributed by atoms with E-state index in [0.717, 1.165) is 24.7 Å². The quantitative estimate of drug-likeness (QED) is 0.945. The molecule has 1 aromatic carbocycles. The highest BCUT2D eigenvalue weighted by Gasteiger charge is 2.40. The number of hydrogen-bond acceptors (Lipinski definition) is 3. The molecule has 1 saturated heterocycles. The monoisotopic (exact) mass is 318 g/mol. The molecule has 2 fully saturated rings. The van der Waals surface area contributed by atoms with Crippen LogP contribution >= 0.6 is 12.4 Å². The maximum absolute atomic E-state index is 6.23. The second-order valence-electron chi connectivity index (χ2n) is 6.43. The van der Waals surface area contributed by atoms with Crippen LogP contribution in [-0.2, 0) is 6.54 Å². The molecular formula is C17H23ClN4. The fourth-order valence-corrected chi connectivity index (χ4v) is 4.01. The van der Waals surface area contributed by atoms with Crippen molar-refractivity contribution in [2.75, 3.05) is 13.1 Å². The summed E-state index contributed by atoms with van der Waals surface area (Å²) in [4.78, 5) is 2.55. The van der Waals surface area contributed by atoms with E-state index in [2.05, 4.69) is 40.3 Å². The number of fused-ring (bicyclic) bond motifs is 1. The lowest BCUT2D eigenvalue weighted by molar-refractivity contribution is 0.292. The Morgan fingerprint density at radius 2 is 1.91 bits per heavy atom. The molecule has 22 heavy (non-hydrogen) atoms. The number of benzene rings is 1. The summed E-state index contributed by atoms with van der Waals surface area (Å²) in [5.74, 6) is 1.52. The standard InChI is InChI=1S/C17H22N4.ClH/c18-17-7-6-13-10-20(12-16(13)17)11-15-8-9-19-21(15)14-4-2-1-3-5-14;/h1-5,8-9,13,16-17H,6-7,10-12,18H2;1H. The molecule has 1 aliphatic heterocycles. The van der Waals surface area contributed by atoms with Crippen LogP contribution in [0.5, 0.6) is 0 Å². The first-order valence-electron chi connectivity index (χ1n) is 7.87. The van der Waals surface area contributed by atoms with E-state index in [1.54, 1.807) is 0 Å². The molecule has 1 saturated carbocycles. The van der Waals surface area contributed by atoms with E-state index < -0.39 is 0 Å². The van der Waals surface area contributed by atoms with Crippen molar-refractivity contribution < 1.29 is 0 Å². The summed E-state index contributed by atoms with van der Waals surface area (Å²) in [7, 11) is 0. The summed E-state index contributed by atoms with van der Waals surface area (Å²) < 4.78 is 2.05. The molecule has 3 atom stereocenters. The van der Waals surface area contributed by atoms with Crippen molar-refractivity contribution in [2.24, 2.45) is 17.6 Å². The zero-order chi connectivity index (χ0) is 14.2. The van der Waals surface area contributed by atoms with Crippen LogP contribution in [0.2, 0.25) is 0 Å². The average Bonchev–Trinajstić information content (AvgIpc) is 3.19. The lowest BCUT2D eigenvalue weighted by atomic mass is 9.98. The van der Waals surface area contributed by atoms with Crippen molar-refractivity contribution in [1.82, 2.24) is 14.7 Å². The number of halogens is 1. The molecule has 2 aromatic rings. The first-order chi connectivity index (χ1) is 10.3. The van der Waals surface area contributed by atoms with Gasteiger partial charge in [-0.05, 0) is 42.9 Å². The largest absolute Gasteiger partial charge is 0.327 e. The van der Waals surface area contributed by atoms with Gasteiger partial charge in [-0.25, -0.2) is 4.68 Å². The Kier molecular flexibility index (Phi) is 4.52. The third kappa shape index (κ3) is 2.78. The molecule has 0 radical (unpaired) electrons. The summed E-state index contributed by atoms with van der Waals surface area (Å²) in [6.07, 6.45) is 4.41. The van der Waals surface area contributed by atoms with Crippen molar-refractivity contribution in [3.8, 4) is 5.69 Å². The SMILES string of the molecule is Cl.NC1CCC2CN(Cc3ccnn3-c3ccccc3)CC12. The van der Waals surface area contributed by atoms with Gasteiger partial charge in [-0.2, -0.15) is 5.10 Å². The Labute approximate surface area is 137 Å². The summed E-state index contributed by atoms with van der Waals surface area (Å²) in [5, 5.41) is 4.48. The third-order valence-electron chi connectivity index (χ3n) is 5.10. The number of nitrogens with two attached hydrogens (primary N) is 1. The van der Waals surface area contributed by atoms with Crippen LogP contribution in [0.15, 0.2) is 42.6 Å². The number of hydrogen-bond donors (Lipinski definition) is 1. The molecule has 0 bridgehead atoms. The topological polar surface area (TPSA) is 47.1 Å². The van der Waals surface area contributed by atoms with Crippen LogP contribution in [0.3, 0.4) is 0 Å². The van der Waals surface area contributed by atoms with Crippen LogP contribution in [0, 0.1) is 11.8 Å². The highest BCUT2D eigenvalue weighted by molar-refractivity contribution is 5.85. The van der Waals surface area contributed by atoms with Crippen LogP contribution in [0.25, 0.3) is 5.69 Å². The van der Waals surface area contributed by atoms with E-state index in [1.807, 2.05) is 16.9 Å². The van der Waals surface area contributed by atoms with Crippen LogP contribution in [-0.4, -0.2) is 33.8 Å². The molecule has 1 aromatic heterocycles. The molecule has 4 nitrogen and oxygen atoms in total. The van der Waals surface area contributed by atoms with Crippen LogP contribution in [0.1, 0.15) is 18.5 Å². The Hall–Kier alpha value is -1.36.